The molecule has 0 bridgehead atoms. The van der Waals surface area contributed by atoms with Crippen LogP contribution in [0.25, 0.3) is 43.6 Å². The number of phenolic OH excluding ortho intramolecular Hbond substituents is 1. The molecule has 4 aromatic heterocycles. The van der Waals surface area contributed by atoms with Crippen LogP contribution in [0.2, 0.25) is 0 Å². The van der Waals surface area contributed by atoms with Crippen molar-refractivity contribution in [1.29, 1.82) is 0 Å². The molecule has 6 aromatic rings. The van der Waals surface area contributed by atoms with Gasteiger partial charge in [-0.15, -0.1) is 0 Å². The van der Waals surface area contributed by atoms with E-state index in [9.17, 15) is 9.90 Å². The molecule has 0 aliphatic heterocycles. The summed E-state index contributed by atoms with van der Waals surface area (Å²) in [4.78, 5) is 28.8. The fourth-order valence-corrected chi connectivity index (χ4v) is 4.62. The minimum absolute atomic E-state index is 0.0584. The van der Waals surface area contributed by atoms with Gasteiger partial charge in [-0.3, -0.25) is 14.8 Å². The maximum Gasteiger partial charge on any atom is 0.183 e. The van der Waals surface area contributed by atoms with Gasteiger partial charge < -0.3 is 19.8 Å². The molecule has 33 heavy (non-hydrogen) atoms. The molecule has 2 aromatic carbocycles. The van der Waals surface area contributed by atoms with Gasteiger partial charge in [-0.25, -0.2) is 0 Å². The van der Waals surface area contributed by atoms with Crippen LogP contribution in [0.4, 0.5) is 0 Å². The van der Waals surface area contributed by atoms with E-state index in [1.807, 2.05) is 36.4 Å². The van der Waals surface area contributed by atoms with Crippen molar-refractivity contribution in [2.75, 3.05) is 7.11 Å². The Morgan fingerprint density at radius 3 is 2.67 bits per heavy atom. The van der Waals surface area contributed by atoms with Gasteiger partial charge in [0, 0.05) is 34.3 Å². The van der Waals surface area contributed by atoms with E-state index < -0.39 is 0 Å². The molecule has 4 heterocycles. The third-order valence-corrected chi connectivity index (χ3v) is 6.19. The second kappa shape index (κ2) is 7.34. The number of nitrogens with zero attached hydrogens (tertiary/aromatic N) is 2. The van der Waals surface area contributed by atoms with Gasteiger partial charge in [-0.1, -0.05) is 30.3 Å². The first-order chi connectivity index (χ1) is 16.2. The zero-order chi connectivity index (χ0) is 22.5. The number of Topliss-reactive ketones (excluding diaryl/α,β-unsaturated/α-hetero) is 1. The van der Waals surface area contributed by atoms with Gasteiger partial charge in [-0.05, 0) is 24.6 Å². The summed E-state index contributed by atoms with van der Waals surface area (Å²) in [5.74, 6) is 0.709. The second-order valence-electron chi connectivity index (χ2n) is 8.02. The smallest absolute Gasteiger partial charge is 0.183 e. The number of hydrogen-bond donors (Lipinski definition) is 3. The molecular formula is C26H20N4O3. The third kappa shape index (κ3) is 2.93. The van der Waals surface area contributed by atoms with Gasteiger partial charge in [0.2, 0.25) is 0 Å². The lowest BCUT2D eigenvalue weighted by Gasteiger charge is -2.07. The van der Waals surface area contributed by atoms with E-state index in [1.54, 1.807) is 31.6 Å². The number of nitrogens with one attached hydrogen (secondary N) is 2. The predicted molar refractivity (Wildman–Crippen MR) is 128 cm³/mol. The van der Waals surface area contributed by atoms with E-state index in [0.717, 1.165) is 43.8 Å². The first kappa shape index (κ1) is 19.3. The number of benzene rings is 2. The highest BCUT2D eigenvalue weighted by Gasteiger charge is 2.19. The van der Waals surface area contributed by atoms with E-state index in [1.165, 1.54) is 0 Å². The van der Waals surface area contributed by atoms with Gasteiger partial charge in [0.1, 0.15) is 17.2 Å². The summed E-state index contributed by atoms with van der Waals surface area (Å²) < 4.78 is 5.52. The number of phenols is 1. The van der Waals surface area contributed by atoms with Crippen molar-refractivity contribution in [3.63, 3.8) is 0 Å². The number of hydrogen-bond acceptors (Lipinski definition) is 5. The molecule has 0 fully saturated rings. The summed E-state index contributed by atoms with van der Waals surface area (Å²) in [7, 11) is 1.59. The molecule has 0 aliphatic rings. The summed E-state index contributed by atoms with van der Waals surface area (Å²) in [6, 6.07) is 15.2. The Hall–Kier alpha value is -4.39. The molecule has 6 rings (SSSR count). The molecule has 0 saturated carbocycles. The standard InChI is InChI=1S/C26H20N4O3/c1-33-21-13-28-18(25-22(21)16-6-4-8-19(31)23(16)30-25)9-10-20(32)26-24-15(11-12-27-26)14-5-2-3-7-17(14)29-24/h2-8,11-13,29-31H,9-10H2,1H3. The molecular weight excluding hydrogens is 416 g/mol. The molecule has 162 valence electrons. The van der Waals surface area contributed by atoms with Crippen molar-refractivity contribution >= 4 is 49.4 Å². The minimum Gasteiger partial charge on any atom is -0.506 e. The number of methoxy groups -OCH3 is 1. The van der Waals surface area contributed by atoms with E-state index in [2.05, 4.69) is 19.9 Å². The Kier molecular flexibility index (Phi) is 4.29. The van der Waals surface area contributed by atoms with Crippen LogP contribution >= 0.6 is 0 Å². The van der Waals surface area contributed by atoms with Gasteiger partial charge >= 0.3 is 0 Å². The second-order valence-corrected chi connectivity index (χ2v) is 8.02. The van der Waals surface area contributed by atoms with Crippen LogP contribution in [0.5, 0.6) is 11.5 Å². The highest BCUT2D eigenvalue weighted by Crippen LogP contribution is 2.37. The van der Waals surface area contributed by atoms with Crippen LogP contribution in [-0.2, 0) is 6.42 Å². The lowest BCUT2D eigenvalue weighted by atomic mass is 10.1. The topological polar surface area (TPSA) is 104 Å². The normalized spacial score (nSPS) is 11.7. The average molecular weight is 436 g/mol. The lowest BCUT2D eigenvalue weighted by molar-refractivity contribution is 0.0979. The molecule has 0 aliphatic carbocycles. The van der Waals surface area contributed by atoms with Crippen LogP contribution in [0.15, 0.2) is 60.9 Å². The third-order valence-electron chi connectivity index (χ3n) is 6.19. The van der Waals surface area contributed by atoms with Crippen molar-refractivity contribution in [2.45, 2.75) is 12.8 Å². The Balaban J connectivity index is 1.39. The summed E-state index contributed by atoms with van der Waals surface area (Å²) in [5, 5.41) is 14.0. The Labute approximate surface area is 188 Å². The van der Waals surface area contributed by atoms with Crippen LogP contribution in [0.1, 0.15) is 22.6 Å². The molecule has 0 radical (unpaired) electrons. The first-order valence-electron chi connectivity index (χ1n) is 10.7. The molecule has 0 spiro atoms. The van der Waals surface area contributed by atoms with Gasteiger partial charge in [0.25, 0.3) is 0 Å². The number of aromatic amines is 2. The number of pyridine rings is 2. The van der Waals surface area contributed by atoms with Crippen LogP contribution < -0.4 is 4.74 Å². The highest BCUT2D eigenvalue weighted by molar-refractivity contribution is 6.15. The van der Waals surface area contributed by atoms with Gasteiger partial charge in [0.05, 0.1) is 40.9 Å². The maximum absolute atomic E-state index is 13.2. The van der Waals surface area contributed by atoms with Crippen LogP contribution in [0.3, 0.4) is 0 Å². The number of aryl methyl sites for hydroxylation is 1. The molecule has 7 nitrogen and oxygen atoms in total. The first-order valence-corrected chi connectivity index (χ1v) is 10.7. The van der Waals surface area contributed by atoms with Gasteiger partial charge in [-0.2, -0.15) is 0 Å². The quantitative estimate of drug-likeness (QED) is 0.319. The largest absolute Gasteiger partial charge is 0.506 e. The summed E-state index contributed by atoms with van der Waals surface area (Å²) in [6.45, 7) is 0. The SMILES string of the molecule is COc1cnc(CCC(=O)c2nccc3c2[nH]c2ccccc23)c2[nH]c3c(O)cccc3c12. The van der Waals surface area contributed by atoms with E-state index in [0.29, 0.717) is 23.4 Å². The van der Waals surface area contributed by atoms with E-state index in [-0.39, 0.29) is 18.0 Å². The summed E-state index contributed by atoms with van der Waals surface area (Å²) in [6.07, 6.45) is 4.01. The molecule has 0 saturated heterocycles. The van der Waals surface area contributed by atoms with Crippen LogP contribution in [-0.4, -0.2) is 37.9 Å². The van der Waals surface area contributed by atoms with Crippen molar-refractivity contribution < 1.29 is 14.6 Å². The Bertz CT molecular complexity index is 1700. The van der Waals surface area contributed by atoms with Gasteiger partial charge in [0.15, 0.2) is 5.78 Å². The molecule has 3 N–H and O–H groups in total. The fourth-order valence-electron chi connectivity index (χ4n) is 4.62. The molecule has 0 atom stereocenters. The Morgan fingerprint density at radius 1 is 0.939 bits per heavy atom. The van der Waals surface area contributed by atoms with Crippen molar-refractivity contribution in [2.24, 2.45) is 0 Å². The molecule has 0 amide bonds. The maximum atomic E-state index is 13.2. The number of para-hydroxylation sites is 2. The monoisotopic (exact) mass is 436 g/mol. The number of ether oxygens (including phenoxy) is 1. The number of aromatic nitrogens is 4. The molecule has 7 heteroatoms. The van der Waals surface area contributed by atoms with Crippen molar-refractivity contribution in [3.8, 4) is 11.5 Å². The number of carbonyl (C=O) groups is 1. The number of ketones is 1. The number of H-pyrrole nitrogens is 2. The van der Waals surface area contributed by atoms with E-state index >= 15 is 0 Å². The van der Waals surface area contributed by atoms with Crippen molar-refractivity contribution in [1.82, 2.24) is 19.9 Å². The molecule has 0 unspecified atom stereocenters. The van der Waals surface area contributed by atoms with Crippen LogP contribution in [0, 0.1) is 0 Å². The minimum atomic E-state index is -0.0584. The summed E-state index contributed by atoms with van der Waals surface area (Å²) >= 11 is 0. The average Bonchev–Trinajstić information content (AvgIpc) is 3.42. The number of carbonyl (C=O) groups excluding carboxylic acids is 1. The number of fused-ring (bicyclic) bond motifs is 6. The fraction of sp³-hybridized carbons (Fsp3) is 0.115. The number of aromatic hydroxyl groups is 1. The zero-order valence-corrected chi connectivity index (χ0v) is 17.8. The van der Waals surface area contributed by atoms with Crippen molar-refractivity contribution in [3.05, 3.63) is 72.3 Å². The number of rotatable bonds is 5. The zero-order valence-electron chi connectivity index (χ0n) is 17.8. The van der Waals surface area contributed by atoms with E-state index in [4.69, 9.17) is 4.74 Å². The lowest BCUT2D eigenvalue weighted by Crippen LogP contribution is -2.06. The highest BCUT2D eigenvalue weighted by atomic mass is 16.5. The summed E-state index contributed by atoms with van der Waals surface area (Å²) in [5.41, 5.74) is 4.28. The Morgan fingerprint density at radius 2 is 1.79 bits per heavy atom. The predicted octanol–water partition coefficient (Wildman–Crippen LogP) is 5.28.